The molecule has 0 N–H and O–H groups in total. The van der Waals surface area contributed by atoms with Gasteiger partial charge in [-0.15, -0.1) is 0 Å². The number of para-hydroxylation sites is 1. The van der Waals surface area contributed by atoms with Crippen LogP contribution >= 0.6 is 0 Å². The van der Waals surface area contributed by atoms with E-state index in [-0.39, 0.29) is 5.41 Å². The zero-order valence-corrected chi connectivity index (χ0v) is 18.0. The second-order valence-corrected chi connectivity index (χ2v) is 9.19. The van der Waals surface area contributed by atoms with E-state index in [2.05, 4.69) is 111 Å². The van der Waals surface area contributed by atoms with Crippen LogP contribution in [0, 0.1) is 6.92 Å². The number of hydrogen-bond acceptors (Lipinski definition) is 0. The highest BCUT2D eigenvalue weighted by molar-refractivity contribution is 6.10. The van der Waals surface area contributed by atoms with Gasteiger partial charge in [0.2, 0.25) is 0 Å². The van der Waals surface area contributed by atoms with Gasteiger partial charge in [-0.25, -0.2) is 0 Å². The summed E-state index contributed by atoms with van der Waals surface area (Å²) in [5.41, 5.74) is 12.2. The van der Waals surface area contributed by atoms with Gasteiger partial charge in [-0.3, -0.25) is 0 Å². The molecule has 4 aromatic carbocycles. The standard InChI is InChI=1S/C29H25N/c1-18-8-7-10-23-24-16-19(13-15-27(24)30(4)28(18)23)20-12-14-22-21-9-5-6-11-25(21)29(2,3)26(22)17-20/h5-17H,1-4H3. The molecule has 0 spiro atoms. The minimum atomic E-state index is 0.0304. The Morgan fingerprint density at radius 2 is 1.40 bits per heavy atom. The summed E-state index contributed by atoms with van der Waals surface area (Å²) >= 11 is 0. The predicted octanol–water partition coefficient (Wildman–Crippen LogP) is 7.61. The van der Waals surface area contributed by atoms with E-state index in [0.29, 0.717) is 0 Å². The van der Waals surface area contributed by atoms with Crippen LogP contribution < -0.4 is 0 Å². The molecular formula is C29H25N. The highest BCUT2D eigenvalue weighted by atomic mass is 14.9. The van der Waals surface area contributed by atoms with Crippen molar-refractivity contribution in [3.63, 3.8) is 0 Å². The molecule has 0 bridgehead atoms. The zero-order chi connectivity index (χ0) is 20.6. The van der Waals surface area contributed by atoms with Crippen molar-refractivity contribution in [2.45, 2.75) is 26.2 Å². The van der Waals surface area contributed by atoms with E-state index >= 15 is 0 Å². The van der Waals surface area contributed by atoms with Crippen molar-refractivity contribution in [3.05, 3.63) is 95.6 Å². The van der Waals surface area contributed by atoms with Gasteiger partial charge in [0.1, 0.15) is 0 Å². The summed E-state index contributed by atoms with van der Waals surface area (Å²) in [7, 11) is 2.17. The fourth-order valence-electron chi connectivity index (χ4n) is 5.55. The first-order valence-corrected chi connectivity index (χ1v) is 10.7. The lowest BCUT2D eigenvalue weighted by molar-refractivity contribution is 0.660. The van der Waals surface area contributed by atoms with Crippen molar-refractivity contribution in [1.29, 1.82) is 0 Å². The Morgan fingerprint density at radius 3 is 2.27 bits per heavy atom. The molecule has 30 heavy (non-hydrogen) atoms. The molecule has 146 valence electrons. The molecule has 1 heterocycles. The molecule has 0 unspecified atom stereocenters. The molecule has 1 aliphatic carbocycles. The number of aromatic nitrogens is 1. The molecule has 0 saturated heterocycles. The summed E-state index contributed by atoms with van der Waals surface area (Å²) in [5.74, 6) is 0. The van der Waals surface area contributed by atoms with Crippen LogP contribution in [0.5, 0.6) is 0 Å². The van der Waals surface area contributed by atoms with Crippen molar-refractivity contribution in [1.82, 2.24) is 4.57 Å². The van der Waals surface area contributed by atoms with E-state index in [0.717, 1.165) is 0 Å². The Balaban J connectivity index is 1.57. The Hall–Kier alpha value is -3.32. The van der Waals surface area contributed by atoms with Gasteiger partial charge in [0, 0.05) is 28.8 Å². The number of benzene rings is 4. The second-order valence-electron chi connectivity index (χ2n) is 9.19. The number of rotatable bonds is 1. The van der Waals surface area contributed by atoms with Gasteiger partial charge < -0.3 is 4.57 Å². The Morgan fingerprint density at radius 1 is 0.667 bits per heavy atom. The molecule has 1 aliphatic rings. The van der Waals surface area contributed by atoms with Gasteiger partial charge in [-0.1, -0.05) is 74.5 Å². The zero-order valence-electron chi connectivity index (χ0n) is 18.0. The molecule has 0 amide bonds. The van der Waals surface area contributed by atoms with Crippen LogP contribution in [0.15, 0.2) is 78.9 Å². The van der Waals surface area contributed by atoms with Gasteiger partial charge in [-0.2, -0.15) is 0 Å². The van der Waals surface area contributed by atoms with Crippen molar-refractivity contribution in [3.8, 4) is 22.3 Å². The van der Waals surface area contributed by atoms with E-state index in [1.165, 1.54) is 60.8 Å². The van der Waals surface area contributed by atoms with Crippen LogP contribution in [0.25, 0.3) is 44.1 Å². The van der Waals surface area contributed by atoms with Crippen molar-refractivity contribution in [2.24, 2.45) is 7.05 Å². The lowest BCUT2D eigenvalue weighted by Crippen LogP contribution is -2.14. The van der Waals surface area contributed by atoms with Gasteiger partial charge in [0.15, 0.2) is 0 Å². The molecule has 1 heteroatoms. The number of hydrogen-bond donors (Lipinski definition) is 0. The van der Waals surface area contributed by atoms with E-state index in [9.17, 15) is 0 Å². The average Bonchev–Trinajstić information content (AvgIpc) is 3.18. The first kappa shape index (κ1) is 17.5. The monoisotopic (exact) mass is 387 g/mol. The fraction of sp³-hybridized carbons (Fsp3) is 0.172. The summed E-state index contributed by atoms with van der Waals surface area (Å²) in [6, 6.07) is 29.4. The van der Waals surface area contributed by atoms with Gasteiger partial charge in [0.05, 0.1) is 5.52 Å². The maximum Gasteiger partial charge on any atom is 0.0518 e. The first-order valence-electron chi connectivity index (χ1n) is 10.7. The van der Waals surface area contributed by atoms with Gasteiger partial charge in [0.25, 0.3) is 0 Å². The van der Waals surface area contributed by atoms with E-state index < -0.39 is 0 Å². The molecule has 1 aromatic heterocycles. The first-order chi connectivity index (χ1) is 14.5. The maximum absolute atomic E-state index is 2.41. The summed E-state index contributed by atoms with van der Waals surface area (Å²) in [5, 5.41) is 2.67. The van der Waals surface area contributed by atoms with E-state index in [1.54, 1.807) is 0 Å². The lowest BCUT2D eigenvalue weighted by Gasteiger charge is -2.22. The molecular weight excluding hydrogens is 362 g/mol. The topological polar surface area (TPSA) is 4.93 Å². The van der Waals surface area contributed by atoms with Crippen molar-refractivity contribution in [2.75, 3.05) is 0 Å². The quantitative estimate of drug-likeness (QED) is 0.279. The fourth-order valence-corrected chi connectivity index (χ4v) is 5.55. The molecule has 0 atom stereocenters. The highest BCUT2D eigenvalue weighted by Gasteiger charge is 2.35. The Kier molecular flexibility index (Phi) is 3.42. The SMILES string of the molecule is Cc1cccc2c3cc(-c4ccc5c(c4)C(C)(C)c4ccccc4-5)ccc3n(C)c12. The summed E-state index contributed by atoms with van der Waals surface area (Å²) < 4.78 is 2.33. The average molecular weight is 388 g/mol. The maximum atomic E-state index is 2.41. The largest absolute Gasteiger partial charge is 0.343 e. The van der Waals surface area contributed by atoms with Crippen LogP contribution in [0.3, 0.4) is 0 Å². The molecule has 5 aromatic rings. The third kappa shape index (κ3) is 2.18. The summed E-state index contributed by atoms with van der Waals surface area (Å²) in [6.07, 6.45) is 0. The summed E-state index contributed by atoms with van der Waals surface area (Å²) in [4.78, 5) is 0. The molecule has 0 fully saturated rings. The van der Waals surface area contributed by atoms with Crippen LogP contribution in [-0.4, -0.2) is 4.57 Å². The van der Waals surface area contributed by atoms with E-state index in [4.69, 9.17) is 0 Å². The minimum absolute atomic E-state index is 0.0304. The van der Waals surface area contributed by atoms with E-state index in [1.807, 2.05) is 0 Å². The normalized spacial score (nSPS) is 14.3. The van der Waals surface area contributed by atoms with Gasteiger partial charge >= 0.3 is 0 Å². The van der Waals surface area contributed by atoms with Crippen LogP contribution in [0.1, 0.15) is 30.5 Å². The third-order valence-electron chi connectivity index (χ3n) is 7.14. The van der Waals surface area contributed by atoms with Crippen LogP contribution in [0.2, 0.25) is 0 Å². The van der Waals surface area contributed by atoms with Crippen LogP contribution in [0.4, 0.5) is 0 Å². The number of fused-ring (bicyclic) bond motifs is 6. The third-order valence-corrected chi connectivity index (χ3v) is 7.14. The minimum Gasteiger partial charge on any atom is -0.343 e. The molecule has 0 saturated carbocycles. The molecule has 6 rings (SSSR count). The lowest BCUT2D eigenvalue weighted by atomic mass is 9.81. The summed E-state index contributed by atoms with van der Waals surface area (Å²) in [6.45, 7) is 6.89. The van der Waals surface area contributed by atoms with Crippen molar-refractivity contribution >= 4 is 21.8 Å². The highest BCUT2D eigenvalue weighted by Crippen LogP contribution is 2.49. The molecule has 1 nitrogen and oxygen atoms in total. The molecule has 0 radical (unpaired) electrons. The number of aryl methyl sites for hydroxylation is 2. The Labute approximate surface area is 177 Å². The van der Waals surface area contributed by atoms with Crippen molar-refractivity contribution < 1.29 is 0 Å². The smallest absolute Gasteiger partial charge is 0.0518 e. The number of nitrogens with zero attached hydrogens (tertiary/aromatic N) is 1. The van der Waals surface area contributed by atoms with Gasteiger partial charge in [-0.05, 0) is 64.1 Å². The second kappa shape index (κ2) is 5.86. The van der Waals surface area contributed by atoms with Crippen LogP contribution in [-0.2, 0) is 12.5 Å². The predicted molar refractivity (Wildman–Crippen MR) is 128 cm³/mol. The Bertz CT molecular complexity index is 1480. The molecule has 0 aliphatic heterocycles.